The quantitative estimate of drug-likeness (QED) is 0.354. The van der Waals surface area contributed by atoms with Gasteiger partial charge in [-0.05, 0) is 52.0 Å². The Bertz CT molecular complexity index is 1030. The molecular weight excluding hydrogens is 432 g/mol. The number of hydrogen-bond donors (Lipinski definition) is 3. The molecule has 3 rings (SSSR count). The molecule has 0 aromatic heterocycles. The zero-order chi connectivity index (χ0) is 26.6. The van der Waals surface area contributed by atoms with Crippen molar-refractivity contribution in [2.24, 2.45) is 5.92 Å². The predicted molar refractivity (Wildman–Crippen MR) is 148 cm³/mol. The third-order valence-corrected chi connectivity index (χ3v) is 6.26. The van der Waals surface area contributed by atoms with Gasteiger partial charge in [0.2, 0.25) is 0 Å². The summed E-state index contributed by atoms with van der Waals surface area (Å²) in [4.78, 5) is 0. The summed E-state index contributed by atoms with van der Waals surface area (Å²) in [5.74, 6) is 1.60. The molecule has 0 aliphatic carbocycles. The van der Waals surface area contributed by atoms with Crippen LogP contribution in [0, 0.1) is 5.92 Å². The lowest BCUT2D eigenvalue weighted by atomic mass is 9.80. The van der Waals surface area contributed by atoms with Crippen molar-refractivity contribution in [1.29, 1.82) is 0 Å². The van der Waals surface area contributed by atoms with Crippen molar-refractivity contribution in [3.05, 3.63) is 88.5 Å². The average molecular weight is 477 g/mol. The van der Waals surface area contributed by atoms with E-state index in [1.165, 1.54) is 5.56 Å². The van der Waals surface area contributed by atoms with Crippen LogP contribution in [0.3, 0.4) is 0 Å². The molecule has 0 radical (unpaired) electrons. The highest BCUT2D eigenvalue weighted by atomic mass is 16.3. The molecule has 3 aromatic carbocycles. The number of hydrogen-bond acceptors (Lipinski definition) is 3. The van der Waals surface area contributed by atoms with Crippen molar-refractivity contribution in [3.63, 3.8) is 0 Å². The van der Waals surface area contributed by atoms with E-state index < -0.39 is 0 Å². The molecule has 3 heteroatoms. The summed E-state index contributed by atoms with van der Waals surface area (Å²) >= 11 is 0. The van der Waals surface area contributed by atoms with Crippen LogP contribution in [0.15, 0.2) is 60.7 Å². The molecule has 0 unspecified atom stereocenters. The fraction of sp³-hybridized carbons (Fsp3) is 0.438. The van der Waals surface area contributed by atoms with Gasteiger partial charge in [-0.3, -0.25) is 0 Å². The Morgan fingerprint density at radius 2 is 1.00 bits per heavy atom. The summed E-state index contributed by atoms with van der Waals surface area (Å²) in [5.41, 5.74) is 4.59. The first kappa shape index (κ1) is 28.3. The fourth-order valence-electron chi connectivity index (χ4n) is 4.30. The smallest absolute Gasteiger partial charge is 0.123 e. The molecule has 0 aliphatic heterocycles. The number of phenols is 3. The average Bonchev–Trinajstić information content (AvgIpc) is 2.74. The SMILES string of the molecule is CC(C)Cc1ccc(O)cc1.CC(c1cccc(C(C)(C)C)c1O)c1cccc(C(C)(C)C)c1O. The lowest BCUT2D eigenvalue weighted by Gasteiger charge is -2.26. The normalized spacial score (nSPS) is 12.0. The highest BCUT2D eigenvalue weighted by Crippen LogP contribution is 2.43. The molecule has 0 aliphatic rings. The van der Waals surface area contributed by atoms with Crippen LogP contribution >= 0.6 is 0 Å². The predicted octanol–water partition coefficient (Wildman–Crippen LogP) is 8.44. The van der Waals surface area contributed by atoms with Crippen LogP contribution in [0.25, 0.3) is 0 Å². The van der Waals surface area contributed by atoms with Gasteiger partial charge in [-0.15, -0.1) is 0 Å². The maximum Gasteiger partial charge on any atom is 0.123 e. The van der Waals surface area contributed by atoms with E-state index in [4.69, 9.17) is 5.11 Å². The molecule has 0 saturated carbocycles. The van der Waals surface area contributed by atoms with Crippen LogP contribution in [-0.4, -0.2) is 15.3 Å². The van der Waals surface area contributed by atoms with E-state index >= 15 is 0 Å². The minimum atomic E-state index is -0.130. The molecule has 190 valence electrons. The monoisotopic (exact) mass is 476 g/mol. The molecule has 0 atom stereocenters. The maximum absolute atomic E-state index is 10.8. The Morgan fingerprint density at radius 3 is 1.34 bits per heavy atom. The van der Waals surface area contributed by atoms with E-state index in [2.05, 4.69) is 55.4 Å². The summed E-state index contributed by atoms with van der Waals surface area (Å²) < 4.78 is 0. The van der Waals surface area contributed by atoms with Crippen LogP contribution in [0.5, 0.6) is 17.2 Å². The van der Waals surface area contributed by atoms with Crippen LogP contribution in [0.4, 0.5) is 0 Å². The van der Waals surface area contributed by atoms with Gasteiger partial charge in [-0.2, -0.15) is 0 Å². The Labute approximate surface area is 212 Å². The summed E-state index contributed by atoms with van der Waals surface area (Å²) in [6.45, 7) is 19.0. The van der Waals surface area contributed by atoms with Crippen LogP contribution in [0.1, 0.15) is 96.0 Å². The Kier molecular flexibility index (Phi) is 9.06. The van der Waals surface area contributed by atoms with Crippen LogP contribution in [-0.2, 0) is 17.3 Å². The molecule has 3 nitrogen and oxygen atoms in total. The first-order valence-electron chi connectivity index (χ1n) is 12.6. The number of benzene rings is 3. The van der Waals surface area contributed by atoms with E-state index in [0.717, 1.165) is 28.7 Å². The molecule has 0 spiro atoms. The minimum absolute atomic E-state index is 0.0883. The van der Waals surface area contributed by atoms with Gasteiger partial charge in [0.05, 0.1) is 0 Å². The molecule has 0 saturated heterocycles. The zero-order valence-corrected chi connectivity index (χ0v) is 23.0. The number of para-hydroxylation sites is 2. The molecule has 3 N–H and O–H groups in total. The van der Waals surface area contributed by atoms with E-state index in [0.29, 0.717) is 23.2 Å². The highest BCUT2D eigenvalue weighted by molar-refractivity contribution is 5.53. The van der Waals surface area contributed by atoms with Crippen molar-refractivity contribution in [2.75, 3.05) is 0 Å². The molecule has 0 heterocycles. The van der Waals surface area contributed by atoms with Crippen molar-refractivity contribution >= 4 is 0 Å². The maximum atomic E-state index is 10.8. The minimum Gasteiger partial charge on any atom is -0.508 e. The van der Waals surface area contributed by atoms with Gasteiger partial charge in [-0.25, -0.2) is 0 Å². The lowest BCUT2D eigenvalue weighted by Crippen LogP contribution is -2.14. The zero-order valence-electron chi connectivity index (χ0n) is 23.0. The molecule has 0 bridgehead atoms. The first-order chi connectivity index (χ1) is 16.1. The summed E-state index contributed by atoms with van der Waals surface area (Å²) in [7, 11) is 0. The van der Waals surface area contributed by atoms with Gasteiger partial charge in [-0.1, -0.05) is 111 Å². The summed E-state index contributed by atoms with van der Waals surface area (Å²) in [6, 6.07) is 19.2. The number of aromatic hydroxyl groups is 3. The molecule has 35 heavy (non-hydrogen) atoms. The number of rotatable bonds is 4. The topological polar surface area (TPSA) is 60.7 Å². The lowest BCUT2D eigenvalue weighted by molar-refractivity contribution is 0.430. The Balaban J connectivity index is 0.000000328. The van der Waals surface area contributed by atoms with Gasteiger partial charge < -0.3 is 15.3 Å². The van der Waals surface area contributed by atoms with E-state index in [1.807, 2.05) is 55.5 Å². The molecule has 3 aromatic rings. The first-order valence-corrected chi connectivity index (χ1v) is 12.6. The van der Waals surface area contributed by atoms with Crippen LogP contribution in [0.2, 0.25) is 0 Å². The largest absolute Gasteiger partial charge is 0.508 e. The summed E-state index contributed by atoms with van der Waals surface area (Å²) in [6.07, 6.45) is 1.08. The van der Waals surface area contributed by atoms with Crippen molar-refractivity contribution in [1.82, 2.24) is 0 Å². The van der Waals surface area contributed by atoms with Crippen molar-refractivity contribution in [2.45, 2.75) is 85.5 Å². The van der Waals surface area contributed by atoms with Gasteiger partial charge in [0.25, 0.3) is 0 Å². The fourth-order valence-corrected chi connectivity index (χ4v) is 4.30. The highest BCUT2D eigenvalue weighted by Gasteiger charge is 2.26. The van der Waals surface area contributed by atoms with Crippen molar-refractivity contribution < 1.29 is 15.3 Å². The molecule has 0 fully saturated rings. The van der Waals surface area contributed by atoms with E-state index in [1.54, 1.807) is 12.1 Å². The Hall–Kier alpha value is -2.94. The van der Waals surface area contributed by atoms with Gasteiger partial charge in [0.15, 0.2) is 0 Å². The second-order valence-corrected chi connectivity index (χ2v) is 12.0. The third kappa shape index (κ3) is 7.52. The van der Waals surface area contributed by atoms with Crippen LogP contribution < -0.4 is 0 Å². The summed E-state index contributed by atoms with van der Waals surface area (Å²) in [5, 5.41) is 30.6. The third-order valence-electron chi connectivity index (χ3n) is 6.26. The Morgan fingerprint density at radius 1 is 0.600 bits per heavy atom. The molecule has 0 amide bonds. The standard InChI is InChI=1S/C22H30O2.C10H14O/c1-14(15-10-8-12-17(19(15)23)21(2,3)4)16-11-9-13-18(20(16)24)22(5,6)7;1-8(2)7-9-3-5-10(11)6-4-9/h8-14,23-24H,1-7H3;3-6,8,11H,7H2,1-2H3. The van der Waals surface area contributed by atoms with Gasteiger partial charge in [0.1, 0.15) is 17.2 Å². The van der Waals surface area contributed by atoms with E-state index in [-0.39, 0.29) is 16.7 Å². The second kappa shape index (κ2) is 11.2. The van der Waals surface area contributed by atoms with Gasteiger partial charge >= 0.3 is 0 Å². The van der Waals surface area contributed by atoms with Crippen molar-refractivity contribution in [3.8, 4) is 17.2 Å². The molecular formula is C32H44O3. The van der Waals surface area contributed by atoms with E-state index in [9.17, 15) is 10.2 Å². The van der Waals surface area contributed by atoms with Gasteiger partial charge in [0, 0.05) is 17.0 Å². The number of phenolic OH excluding ortho intramolecular Hbond substituents is 3. The second-order valence-electron chi connectivity index (χ2n) is 12.0.